The lowest BCUT2D eigenvalue weighted by Crippen LogP contribution is -2.40. The molecule has 8 heteroatoms. The molecule has 0 fully saturated rings. The highest BCUT2D eigenvalue weighted by Crippen LogP contribution is 2.22. The van der Waals surface area contributed by atoms with E-state index in [4.69, 9.17) is 5.73 Å². The summed E-state index contributed by atoms with van der Waals surface area (Å²) in [5.74, 6) is -3.33. The van der Waals surface area contributed by atoms with Crippen LogP contribution in [-0.4, -0.2) is 23.4 Å². The predicted octanol–water partition coefficient (Wildman–Crippen LogP) is 1.73. The second-order valence-electron chi connectivity index (χ2n) is 4.24. The van der Waals surface area contributed by atoms with Crippen molar-refractivity contribution in [2.75, 3.05) is 6.54 Å². The number of nitro groups is 1. The number of halogens is 2. The smallest absolute Gasteiger partial charge is 0.308 e. The van der Waals surface area contributed by atoms with Crippen molar-refractivity contribution in [2.24, 2.45) is 5.73 Å². The zero-order chi connectivity index (χ0) is 15.3. The van der Waals surface area contributed by atoms with Crippen LogP contribution < -0.4 is 11.1 Å². The molecule has 20 heavy (non-hydrogen) atoms. The van der Waals surface area contributed by atoms with Gasteiger partial charge in [0.05, 0.1) is 16.6 Å². The highest BCUT2D eigenvalue weighted by molar-refractivity contribution is 5.95. The van der Waals surface area contributed by atoms with Crippen molar-refractivity contribution in [2.45, 2.75) is 25.8 Å². The summed E-state index contributed by atoms with van der Waals surface area (Å²) >= 11 is 0. The molecule has 0 radical (unpaired) electrons. The molecule has 3 N–H and O–H groups in total. The van der Waals surface area contributed by atoms with E-state index in [9.17, 15) is 23.7 Å². The van der Waals surface area contributed by atoms with Gasteiger partial charge in [-0.05, 0) is 12.5 Å². The third kappa shape index (κ3) is 3.70. The van der Waals surface area contributed by atoms with E-state index in [0.717, 1.165) is 6.42 Å². The fourth-order valence-corrected chi connectivity index (χ4v) is 1.73. The lowest BCUT2D eigenvalue weighted by Gasteiger charge is -2.16. The van der Waals surface area contributed by atoms with Crippen molar-refractivity contribution < 1.29 is 18.5 Å². The molecule has 1 rings (SSSR count). The first kappa shape index (κ1) is 16.0. The van der Waals surface area contributed by atoms with Gasteiger partial charge in [0.1, 0.15) is 5.82 Å². The molecule has 6 nitrogen and oxygen atoms in total. The summed E-state index contributed by atoms with van der Waals surface area (Å²) in [6.07, 6.45) is 1.31. The first-order chi connectivity index (χ1) is 9.40. The maximum absolute atomic E-state index is 13.8. The molecule has 0 bridgehead atoms. The van der Waals surface area contributed by atoms with E-state index in [1.165, 1.54) is 0 Å². The summed E-state index contributed by atoms with van der Waals surface area (Å²) in [5.41, 5.74) is 3.66. The molecule has 1 atom stereocenters. The molecule has 110 valence electrons. The minimum atomic E-state index is -1.36. The normalized spacial score (nSPS) is 12.0. The van der Waals surface area contributed by atoms with Crippen molar-refractivity contribution in [3.63, 3.8) is 0 Å². The van der Waals surface area contributed by atoms with Crippen LogP contribution in [0.2, 0.25) is 0 Å². The van der Waals surface area contributed by atoms with Gasteiger partial charge in [-0.25, -0.2) is 4.39 Å². The molecule has 1 aromatic carbocycles. The van der Waals surface area contributed by atoms with Crippen LogP contribution in [0.3, 0.4) is 0 Å². The largest absolute Gasteiger partial charge is 0.348 e. The molecule has 1 amide bonds. The SMILES string of the molecule is CCCC(CN)NC(=O)c1cc(F)cc([N+](=O)[O-])c1F. The predicted molar refractivity (Wildman–Crippen MR) is 68.2 cm³/mol. The van der Waals surface area contributed by atoms with E-state index in [-0.39, 0.29) is 6.54 Å². The number of rotatable bonds is 6. The zero-order valence-electron chi connectivity index (χ0n) is 10.9. The third-order valence-corrected chi connectivity index (χ3v) is 2.72. The maximum Gasteiger partial charge on any atom is 0.308 e. The first-order valence-corrected chi connectivity index (χ1v) is 6.05. The van der Waals surface area contributed by atoms with Gasteiger partial charge < -0.3 is 11.1 Å². The lowest BCUT2D eigenvalue weighted by atomic mass is 10.1. The number of nitrogens with zero attached hydrogens (tertiary/aromatic N) is 1. The summed E-state index contributed by atoms with van der Waals surface area (Å²) in [7, 11) is 0. The van der Waals surface area contributed by atoms with E-state index >= 15 is 0 Å². The van der Waals surface area contributed by atoms with Gasteiger partial charge in [0.15, 0.2) is 0 Å². The van der Waals surface area contributed by atoms with Gasteiger partial charge in [-0.2, -0.15) is 4.39 Å². The molecule has 0 heterocycles. The Morgan fingerprint density at radius 3 is 2.65 bits per heavy atom. The van der Waals surface area contributed by atoms with Gasteiger partial charge in [-0.3, -0.25) is 14.9 Å². The van der Waals surface area contributed by atoms with Crippen LogP contribution in [0.15, 0.2) is 12.1 Å². The van der Waals surface area contributed by atoms with Crippen molar-refractivity contribution >= 4 is 11.6 Å². The van der Waals surface area contributed by atoms with E-state index in [1.807, 2.05) is 6.92 Å². The number of nitrogens with one attached hydrogen (secondary N) is 1. The van der Waals surface area contributed by atoms with E-state index < -0.39 is 39.8 Å². The summed E-state index contributed by atoms with van der Waals surface area (Å²) in [5, 5.41) is 13.0. The second kappa shape index (κ2) is 6.90. The monoisotopic (exact) mass is 287 g/mol. The Morgan fingerprint density at radius 2 is 2.15 bits per heavy atom. The van der Waals surface area contributed by atoms with E-state index in [1.54, 1.807) is 0 Å². The Kier molecular flexibility index (Phi) is 5.51. The Morgan fingerprint density at radius 1 is 1.50 bits per heavy atom. The Labute approximate surface area is 114 Å². The zero-order valence-corrected chi connectivity index (χ0v) is 10.9. The Hall–Kier alpha value is -2.09. The quantitative estimate of drug-likeness (QED) is 0.615. The van der Waals surface area contributed by atoms with E-state index in [0.29, 0.717) is 18.6 Å². The van der Waals surface area contributed by atoms with Crippen molar-refractivity contribution in [3.05, 3.63) is 39.4 Å². The molecule has 1 unspecified atom stereocenters. The van der Waals surface area contributed by atoms with Crippen LogP contribution in [0.25, 0.3) is 0 Å². The molecule has 0 aliphatic heterocycles. The summed E-state index contributed by atoms with van der Waals surface area (Å²) in [6, 6.07) is 0.657. The average Bonchev–Trinajstić information content (AvgIpc) is 2.39. The van der Waals surface area contributed by atoms with Crippen LogP contribution in [0.5, 0.6) is 0 Å². The third-order valence-electron chi connectivity index (χ3n) is 2.72. The first-order valence-electron chi connectivity index (χ1n) is 6.05. The number of benzene rings is 1. The molecule has 0 aliphatic carbocycles. The standard InChI is InChI=1S/C12H15F2N3O3/c1-2-3-8(6-15)16-12(18)9-4-7(13)5-10(11(9)14)17(19)20/h4-5,8H,2-3,6,15H2,1H3,(H,16,18). The number of hydrogen-bond donors (Lipinski definition) is 2. The number of nitro benzene ring substituents is 1. The molecule has 0 spiro atoms. The van der Waals surface area contributed by atoms with Gasteiger partial charge in [0, 0.05) is 12.6 Å². The molecule has 0 aromatic heterocycles. The van der Waals surface area contributed by atoms with Crippen LogP contribution in [0.4, 0.5) is 14.5 Å². The van der Waals surface area contributed by atoms with Gasteiger partial charge in [0.2, 0.25) is 5.82 Å². The Balaban J connectivity index is 3.06. The van der Waals surface area contributed by atoms with Gasteiger partial charge >= 0.3 is 5.69 Å². The molecule has 0 saturated heterocycles. The molecular weight excluding hydrogens is 272 g/mol. The number of carbonyl (C=O) groups excluding carboxylic acids is 1. The van der Waals surface area contributed by atoms with Crippen molar-refractivity contribution in [1.29, 1.82) is 0 Å². The van der Waals surface area contributed by atoms with E-state index in [2.05, 4.69) is 5.32 Å². The maximum atomic E-state index is 13.8. The van der Waals surface area contributed by atoms with Gasteiger partial charge in [0.25, 0.3) is 5.91 Å². The number of nitrogens with two attached hydrogens (primary N) is 1. The summed E-state index contributed by atoms with van der Waals surface area (Å²) in [4.78, 5) is 21.3. The highest BCUT2D eigenvalue weighted by atomic mass is 19.1. The topological polar surface area (TPSA) is 98.3 Å². The minimum absolute atomic E-state index is 0.138. The number of amides is 1. The lowest BCUT2D eigenvalue weighted by molar-refractivity contribution is -0.387. The fourth-order valence-electron chi connectivity index (χ4n) is 1.73. The summed E-state index contributed by atoms with van der Waals surface area (Å²) < 4.78 is 27.0. The molecule has 0 aliphatic rings. The molecule has 0 saturated carbocycles. The van der Waals surface area contributed by atoms with Crippen molar-refractivity contribution in [1.82, 2.24) is 5.32 Å². The molecular formula is C12H15F2N3O3. The van der Waals surface area contributed by atoms with Gasteiger partial charge in [-0.1, -0.05) is 13.3 Å². The van der Waals surface area contributed by atoms with Crippen LogP contribution in [0, 0.1) is 21.7 Å². The number of hydrogen-bond acceptors (Lipinski definition) is 4. The minimum Gasteiger partial charge on any atom is -0.348 e. The highest BCUT2D eigenvalue weighted by Gasteiger charge is 2.25. The van der Waals surface area contributed by atoms with Crippen LogP contribution >= 0.6 is 0 Å². The van der Waals surface area contributed by atoms with Crippen LogP contribution in [0.1, 0.15) is 30.1 Å². The second-order valence-corrected chi connectivity index (χ2v) is 4.24. The van der Waals surface area contributed by atoms with Crippen LogP contribution in [-0.2, 0) is 0 Å². The van der Waals surface area contributed by atoms with Gasteiger partial charge in [-0.15, -0.1) is 0 Å². The van der Waals surface area contributed by atoms with Crippen molar-refractivity contribution in [3.8, 4) is 0 Å². The molecule has 1 aromatic rings. The summed E-state index contributed by atoms with van der Waals surface area (Å²) in [6.45, 7) is 2.01. The number of carbonyl (C=O) groups is 1. The average molecular weight is 287 g/mol. The fraction of sp³-hybridized carbons (Fsp3) is 0.417. The Bertz CT molecular complexity index is 523.